The summed E-state index contributed by atoms with van der Waals surface area (Å²) in [5.74, 6) is -0.249. The van der Waals surface area contributed by atoms with Gasteiger partial charge in [0.1, 0.15) is 0 Å². The zero-order valence-electron chi connectivity index (χ0n) is 13.9. The third kappa shape index (κ3) is 5.54. The van der Waals surface area contributed by atoms with Gasteiger partial charge in [0, 0.05) is 25.3 Å². The van der Waals surface area contributed by atoms with Gasteiger partial charge in [-0.1, -0.05) is 60.7 Å². The highest BCUT2D eigenvalue weighted by Crippen LogP contribution is 2.27. The summed E-state index contributed by atoms with van der Waals surface area (Å²) in [6.45, 7) is 0.476. The molecule has 0 radical (unpaired) electrons. The lowest BCUT2D eigenvalue weighted by Crippen LogP contribution is -2.26. The molecule has 0 saturated carbocycles. The van der Waals surface area contributed by atoms with Gasteiger partial charge in [-0.25, -0.2) is 0 Å². The van der Waals surface area contributed by atoms with Gasteiger partial charge in [0.15, 0.2) is 0 Å². The van der Waals surface area contributed by atoms with E-state index in [2.05, 4.69) is 10.1 Å². The maximum Gasteiger partial charge on any atom is 0.305 e. The number of esters is 1. The highest BCUT2D eigenvalue weighted by Gasteiger charge is 2.17. The van der Waals surface area contributed by atoms with E-state index in [4.69, 9.17) is 0 Å². The lowest BCUT2D eigenvalue weighted by molar-refractivity contribution is -0.140. The molecular formula is C20H23NO3. The van der Waals surface area contributed by atoms with E-state index in [1.54, 1.807) is 0 Å². The van der Waals surface area contributed by atoms with Crippen LogP contribution in [0.2, 0.25) is 0 Å². The average molecular weight is 325 g/mol. The van der Waals surface area contributed by atoms with Crippen molar-refractivity contribution in [2.24, 2.45) is 0 Å². The Morgan fingerprint density at radius 2 is 1.50 bits per heavy atom. The molecule has 0 spiro atoms. The Labute approximate surface area is 142 Å². The molecule has 0 aliphatic heterocycles. The Morgan fingerprint density at radius 3 is 2.00 bits per heavy atom. The third-order valence-corrected chi connectivity index (χ3v) is 3.90. The summed E-state index contributed by atoms with van der Waals surface area (Å²) in [7, 11) is 1.37. The van der Waals surface area contributed by atoms with Crippen LogP contribution in [0.1, 0.15) is 36.3 Å². The number of carbonyl (C=O) groups excluding carboxylic acids is 2. The molecule has 4 nitrogen and oxygen atoms in total. The van der Waals surface area contributed by atoms with Crippen molar-refractivity contribution in [1.29, 1.82) is 0 Å². The first kappa shape index (κ1) is 17.7. The monoisotopic (exact) mass is 325 g/mol. The molecule has 1 N–H and O–H groups in total. The van der Waals surface area contributed by atoms with E-state index in [0.29, 0.717) is 25.8 Å². The predicted octanol–water partition coefficient (Wildman–Crippen LogP) is 3.28. The highest BCUT2D eigenvalue weighted by atomic mass is 16.5. The van der Waals surface area contributed by atoms with Crippen LogP contribution < -0.4 is 5.32 Å². The summed E-state index contributed by atoms with van der Waals surface area (Å²) in [5.41, 5.74) is 2.24. The number of rotatable bonds is 8. The normalized spacial score (nSPS) is 10.4. The van der Waals surface area contributed by atoms with Crippen molar-refractivity contribution in [1.82, 2.24) is 5.32 Å². The predicted molar refractivity (Wildman–Crippen MR) is 93.6 cm³/mol. The number of carbonyl (C=O) groups is 2. The molecule has 2 rings (SSSR count). The van der Waals surface area contributed by atoms with Crippen LogP contribution in [-0.4, -0.2) is 25.5 Å². The first-order valence-corrected chi connectivity index (χ1v) is 8.14. The van der Waals surface area contributed by atoms with Crippen molar-refractivity contribution in [3.8, 4) is 0 Å². The quantitative estimate of drug-likeness (QED) is 0.598. The first-order valence-electron chi connectivity index (χ1n) is 8.14. The molecule has 0 bridgehead atoms. The van der Waals surface area contributed by atoms with E-state index in [-0.39, 0.29) is 17.8 Å². The Bertz CT molecular complexity index is 601. The van der Waals surface area contributed by atoms with E-state index < -0.39 is 0 Å². The molecule has 2 aromatic carbocycles. The molecule has 0 aliphatic carbocycles. The molecule has 0 unspecified atom stereocenters. The molecule has 4 heteroatoms. The van der Waals surface area contributed by atoms with E-state index in [1.807, 2.05) is 60.7 Å². The SMILES string of the molecule is COC(=O)CCCNC(=O)CC(c1ccccc1)c1ccccc1. The fraction of sp³-hybridized carbons (Fsp3) is 0.300. The van der Waals surface area contributed by atoms with E-state index >= 15 is 0 Å². The fourth-order valence-corrected chi connectivity index (χ4v) is 2.62. The van der Waals surface area contributed by atoms with Gasteiger partial charge in [0.05, 0.1) is 7.11 Å². The molecule has 0 aromatic heterocycles. The second kappa shape index (κ2) is 9.50. The number of hydrogen-bond donors (Lipinski definition) is 1. The van der Waals surface area contributed by atoms with E-state index in [9.17, 15) is 9.59 Å². The van der Waals surface area contributed by atoms with Crippen LogP contribution in [-0.2, 0) is 14.3 Å². The minimum atomic E-state index is -0.254. The topological polar surface area (TPSA) is 55.4 Å². The minimum absolute atomic E-state index is 0.0161. The summed E-state index contributed by atoms with van der Waals surface area (Å²) in [6, 6.07) is 20.1. The first-order chi connectivity index (χ1) is 11.7. The molecular weight excluding hydrogens is 302 g/mol. The zero-order chi connectivity index (χ0) is 17.2. The van der Waals surface area contributed by atoms with Crippen molar-refractivity contribution >= 4 is 11.9 Å². The van der Waals surface area contributed by atoms with Crippen molar-refractivity contribution in [3.05, 3.63) is 71.8 Å². The summed E-state index contributed by atoms with van der Waals surface area (Å²) in [6.07, 6.45) is 1.28. The Morgan fingerprint density at radius 1 is 0.958 bits per heavy atom. The van der Waals surface area contributed by atoms with Gasteiger partial charge < -0.3 is 10.1 Å². The molecule has 0 fully saturated rings. The second-order valence-electron chi connectivity index (χ2n) is 5.61. The number of methoxy groups -OCH3 is 1. The minimum Gasteiger partial charge on any atom is -0.469 e. The summed E-state index contributed by atoms with van der Waals surface area (Å²) in [4.78, 5) is 23.4. The number of benzene rings is 2. The van der Waals surface area contributed by atoms with Crippen LogP contribution in [0.3, 0.4) is 0 Å². The average Bonchev–Trinajstić information content (AvgIpc) is 2.64. The number of ether oxygens (including phenoxy) is 1. The summed E-state index contributed by atoms with van der Waals surface area (Å²) < 4.78 is 4.59. The van der Waals surface area contributed by atoms with Crippen LogP contribution in [0.4, 0.5) is 0 Å². The second-order valence-corrected chi connectivity index (χ2v) is 5.61. The maximum atomic E-state index is 12.3. The van der Waals surface area contributed by atoms with E-state index in [1.165, 1.54) is 7.11 Å². The van der Waals surface area contributed by atoms with Crippen molar-refractivity contribution < 1.29 is 14.3 Å². The Hall–Kier alpha value is -2.62. The van der Waals surface area contributed by atoms with Gasteiger partial charge in [0.25, 0.3) is 0 Å². The van der Waals surface area contributed by atoms with Crippen molar-refractivity contribution in [2.75, 3.05) is 13.7 Å². The van der Waals surface area contributed by atoms with Crippen LogP contribution >= 0.6 is 0 Å². The van der Waals surface area contributed by atoms with Gasteiger partial charge in [-0.15, -0.1) is 0 Å². The third-order valence-electron chi connectivity index (χ3n) is 3.90. The van der Waals surface area contributed by atoms with Gasteiger partial charge in [-0.2, -0.15) is 0 Å². The Balaban J connectivity index is 1.96. The number of nitrogens with one attached hydrogen (secondary N) is 1. The largest absolute Gasteiger partial charge is 0.469 e. The highest BCUT2D eigenvalue weighted by molar-refractivity contribution is 5.77. The van der Waals surface area contributed by atoms with Gasteiger partial charge in [-0.05, 0) is 17.5 Å². The maximum absolute atomic E-state index is 12.3. The van der Waals surface area contributed by atoms with Crippen LogP contribution in [0.5, 0.6) is 0 Å². The molecule has 0 heterocycles. The fourth-order valence-electron chi connectivity index (χ4n) is 2.62. The molecule has 0 saturated heterocycles. The van der Waals surface area contributed by atoms with Crippen LogP contribution in [0, 0.1) is 0 Å². The molecule has 0 atom stereocenters. The molecule has 126 valence electrons. The lowest BCUT2D eigenvalue weighted by Gasteiger charge is -2.18. The van der Waals surface area contributed by atoms with Crippen LogP contribution in [0.15, 0.2) is 60.7 Å². The van der Waals surface area contributed by atoms with E-state index in [0.717, 1.165) is 11.1 Å². The van der Waals surface area contributed by atoms with Crippen LogP contribution in [0.25, 0.3) is 0 Å². The molecule has 24 heavy (non-hydrogen) atoms. The summed E-state index contributed by atoms with van der Waals surface area (Å²) >= 11 is 0. The summed E-state index contributed by atoms with van der Waals surface area (Å²) in [5, 5.41) is 2.89. The number of amides is 1. The van der Waals surface area contributed by atoms with Gasteiger partial charge in [0.2, 0.25) is 5.91 Å². The Kier molecular flexibility index (Phi) is 7.02. The lowest BCUT2D eigenvalue weighted by atomic mass is 9.88. The zero-order valence-corrected chi connectivity index (χ0v) is 13.9. The van der Waals surface area contributed by atoms with Gasteiger partial charge >= 0.3 is 5.97 Å². The molecule has 1 amide bonds. The van der Waals surface area contributed by atoms with Crippen molar-refractivity contribution in [3.63, 3.8) is 0 Å². The smallest absolute Gasteiger partial charge is 0.305 e. The number of hydrogen-bond acceptors (Lipinski definition) is 3. The van der Waals surface area contributed by atoms with Crippen molar-refractivity contribution in [2.45, 2.75) is 25.2 Å². The van der Waals surface area contributed by atoms with Gasteiger partial charge in [-0.3, -0.25) is 9.59 Å². The molecule has 0 aliphatic rings. The standard InChI is InChI=1S/C20H23NO3/c1-24-20(23)13-8-14-21-19(22)15-18(16-9-4-2-5-10-16)17-11-6-3-7-12-17/h2-7,9-12,18H,8,13-15H2,1H3,(H,21,22). The molecule has 2 aromatic rings.